The largest absolute Gasteiger partial charge is 0.481 e. The first-order chi connectivity index (χ1) is 10.2. The lowest BCUT2D eigenvalue weighted by Gasteiger charge is -2.23. The molecule has 0 aromatic carbocycles. The maximum Gasteiger partial charge on any atom is 0.307 e. The number of rotatable bonds is 12. The maximum atomic E-state index is 11.2. The molecule has 0 aliphatic heterocycles. The molecule has 0 bridgehead atoms. The summed E-state index contributed by atoms with van der Waals surface area (Å²) in [4.78, 5) is 43.7. The minimum Gasteiger partial charge on any atom is -0.481 e. The van der Waals surface area contributed by atoms with Gasteiger partial charge in [-0.1, -0.05) is 13.3 Å². The molecule has 0 radical (unpaired) electrons. The molecule has 3 unspecified atom stereocenters. The third kappa shape index (κ3) is 7.61. The number of aliphatic carboxylic acids is 4. The molecule has 0 amide bonds. The third-order valence-electron chi connectivity index (χ3n) is 3.60. The van der Waals surface area contributed by atoms with Gasteiger partial charge in [0.25, 0.3) is 0 Å². The first-order valence-corrected chi connectivity index (χ1v) is 7.08. The Bertz CT molecular complexity index is 417. The highest BCUT2D eigenvalue weighted by Gasteiger charge is 2.31. The van der Waals surface area contributed by atoms with Crippen LogP contribution in [-0.2, 0) is 19.2 Å². The van der Waals surface area contributed by atoms with E-state index in [1.807, 2.05) is 6.92 Å². The van der Waals surface area contributed by atoms with Crippen LogP contribution in [0.1, 0.15) is 45.4 Å². The third-order valence-corrected chi connectivity index (χ3v) is 3.60. The first kappa shape index (κ1) is 19.9. The van der Waals surface area contributed by atoms with E-state index in [0.717, 1.165) is 0 Å². The van der Waals surface area contributed by atoms with Crippen LogP contribution in [0.15, 0.2) is 0 Å². The summed E-state index contributed by atoms with van der Waals surface area (Å²) in [6, 6.07) is 0. The van der Waals surface area contributed by atoms with Crippen LogP contribution in [0.4, 0.5) is 0 Å². The predicted molar refractivity (Wildman–Crippen MR) is 74.4 cm³/mol. The van der Waals surface area contributed by atoms with Crippen LogP contribution in [0, 0.1) is 17.8 Å². The summed E-state index contributed by atoms with van der Waals surface area (Å²) in [6.45, 7) is 1.82. The lowest BCUT2D eigenvalue weighted by Crippen LogP contribution is -2.28. The van der Waals surface area contributed by atoms with Crippen molar-refractivity contribution in [2.24, 2.45) is 17.8 Å². The van der Waals surface area contributed by atoms with Crippen LogP contribution >= 0.6 is 0 Å². The van der Waals surface area contributed by atoms with Crippen molar-refractivity contribution in [2.45, 2.75) is 45.4 Å². The van der Waals surface area contributed by atoms with Crippen molar-refractivity contribution in [1.29, 1.82) is 0 Å². The molecule has 0 aromatic heterocycles. The van der Waals surface area contributed by atoms with E-state index in [1.54, 1.807) is 0 Å². The normalized spacial score (nSPS) is 14.8. The topological polar surface area (TPSA) is 149 Å². The average molecular weight is 318 g/mol. The quantitative estimate of drug-likeness (QED) is 0.423. The van der Waals surface area contributed by atoms with Gasteiger partial charge in [-0.05, 0) is 25.2 Å². The van der Waals surface area contributed by atoms with Gasteiger partial charge in [0.15, 0.2) is 0 Å². The molecule has 0 aromatic rings. The molecule has 8 heteroatoms. The van der Waals surface area contributed by atoms with E-state index in [0.29, 0.717) is 12.8 Å². The van der Waals surface area contributed by atoms with Crippen LogP contribution in [0.25, 0.3) is 0 Å². The molecular formula is C14H22O8. The Balaban J connectivity index is 4.92. The number of hydrogen-bond donors (Lipinski definition) is 4. The highest BCUT2D eigenvalue weighted by Crippen LogP contribution is 2.29. The number of hydrogen-bond acceptors (Lipinski definition) is 4. The molecule has 3 atom stereocenters. The number of carbonyl (C=O) groups is 4. The van der Waals surface area contributed by atoms with Crippen molar-refractivity contribution in [3.8, 4) is 0 Å². The summed E-state index contributed by atoms with van der Waals surface area (Å²) in [7, 11) is 0. The van der Waals surface area contributed by atoms with Crippen molar-refractivity contribution in [2.75, 3.05) is 0 Å². The zero-order valence-corrected chi connectivity index (χ0v) is 12.4. The first-order valence-electron chi connectivity index (χ1n) is 7.08. The van der Waals surface area contributed by atoms with E-state index in [4.69, 9.17) is 20.4 Å². The Hall–Kier alpha value is -2.12. The van der Waals surface area contributed by atoms with Gasteiger partial charge in [-0.25, -0.2) is 0 Å². The molecule has 126 valence electrons. The minimum atomic E-state index is -1.25. The SMILES string of the molecule is CCCC(CCC(CC(=O)O)C(=O)O)C(CC(=O)O)C(=O)O. The standard InChI is InChI=1S/C14H22O8/c1-2-3-8(10(14(21)22)7-12(17)18)4-5-9(13(19)20)6-11(15)16/h8-10H,2-7H2,1H3,(H,15,16)(H,17,18)(H,19,20)(H,21,22). The maximum absolute atomic E-state index is 11.2. The second-order valence-corrected chi connectivity index (χ2v) is 5.30. The second-order valence-electron chi connectivity index (χ2n) is 5.30. The Morgan fingerprint density at radius 3 is 1.68 bits per heavy atom. The van der Waals surface area contributed by atoms with Gasteiger partial charge >= 0.3 is 23.9 Å². The lowest BCUT2D eigenvalue weighted by molar-refractivity contribution is -0.151. The summed E-state index contributed by atoms with van der Waals surface area (Å²) in [5.41, 5.74) is 0. The zero-order chi connectivity index (χ0) is 17.3. The van der Waals surface area contributed by atoms with E-state index in [2.05, 4.69) is 0 Å². The van der Waals surface area contributed by atoms with E-state index in [1.165, 1.54) is 0 Å². The molecule has 0 aliphatic rings. The molecule has 0 aliphatic carbocycles. The summed E-state index contributed by atoms with van der Waals surface area (Å²) >= 11 is 0. The Kier molecular flexibility index (Phi) is 8.81. The molecule has 0 saturated carbocycles. The minimum absolute atomic E-state index is 0.00962. The second kappa shape index (κ2) is 9.75. The molecule has 0 saturated heterocycles. The van der Waals surface area contributed by atoms with E-state index >= 15 is 0 Å². The van der Waals surface area contributed by atoms with Crippen LogP contribution in [0.5, 0.6) is 0 Å². The van der Waals surface area contributed by atoms with Crippen molar-refractivity contribution >= 4 is 23.9 Å². The summed E-state index contributed by atoms with van der Waals surface area (Å²) < 4.78 is 0. The van der Waals surface area contributed by atoms with Gasteiger partial charge in [0.1, 0.15) is 0 Å². The molecule has 4 N–H and O–H groups in total. The average Bonchev–Trinajstić information content (AvgIpc) is 2.38. The van der Waals surface area contributed by atoms with Crippen molar-refractivity contribution in [1.82, 2.24) is 0 Å². The lowest BCUT2D eigenvalue weighted by atomic mass is 9.81. The molecule has 0 heterocycles. The highest BCUT2D eigenvalue weighted by atomic mass is 16.4. The van der Waals surface area contributed by atoms with Gasteiger partial charge in [0, 0.05) is 0 Å². The van der Waals surface area contributed by atoms with Gasteiger partial charge in [-0.2, -0.15) is 0 Å². The summed E-state index contributed by atoms with van der Waals surface area (Å²) in [5.74, 6) is -7.63. The number of carboxylic acid groups (broad SMARTS) is 4. The van der Waals surface area contributed by atoms with Crippen LogP contribution in [0.2, 0.25) is 0 Å². The van der Waals surface area contributed by atoms with Gasteiger partial charge in [0.2, 0.25) is 0 Å². The molecule has 0 fully saturated rings. The van der Waals surface area contributed by atoms with Crippen molar-refractivity contribution < 1.29 is 39.6 Å². The molecule has 22 heavy (non-hydrogen) atoms. The summed E-state index contributed by atoms with van der Waals surface area (Å²) in [6.07, 6.45) is 0.188. The van der Waals surface area contributed by atoms with Gasteiger partial charge in [0.05, 0.1) is 24.7 Å². The van der Waals surface area contributed by atoms with E-state index < -0.39 is 54.5 Å². The fourth-order valence-corrected chi connectivity index (χ4v) is 2.50. The Morgan fingerprint density at radius 1 is 0.773 bits per heavy atom. The monoisotopic (exact) mass is 318 g/mol. The van der Waals surface area contributed by atoms with Gasteiger partial charge in [-0.3, -0.25) is 19.2 Å². The fourth-order valence-electron chi connectivity index (χ4n) is 2.50. The zero-order valence-electron chi connectivity index (χ0n) is 12.4. The van der Waals surface area contributed by atoms with E-state index in [9.17, 15) is 19.2 Å². The molecule has 0 rings (SSSR count). The smallest absolute Gasteiger partial charge is 0.307 e. The predicted octanol–water partition coefficient (Wildman–Crippen LogP) is 1.53. The molecular weight excluding hydrogens is 296 g/mol. The Labute approximate surface area is 127 Å². The highest BCUT2D eigenvalue weighted by molar-refractivity contribution is 5.78. The van der Waals surface area contributed by atoms with Gasteiger partial charge < -0.3 is 20.4 Å². The Morgan fingerprint density at radius 2 is 1.32 bits per heavy atom. The van der Waals surface area contributed by atoms with Crippen molar-refractivity contribution in [3.63, 3.8) is 0 Å². The fraction of sp³-hybridized carbons (Fsp3) is 0.714. The van der Waals surface area contributed by atoms with E-state index in [-0.39, 0.29) is 12.8 Å². The number of carboxylic acids is 4. The van der Waals surface area contributed by atoms with Crippen LogP contribution in [0.3, 0.4) is 0 Å². The van der Waals surface area contributed by atoms with Crippen LogP contribution in [-0.4, -0.2) is 44.3 Å². The molecule has 0 spiro atoms. The van der Waals surface area contributed by atoms with Crippen LogP contribution < -0.4 is 0 Å². The summed E-state index contributed by atoms with van der Waals surface area (Å²) in [5, 5.41) is 35.6. The molecule has 8 nitrogen and oxygen atoms in total. The van der Waals surface area contributed by atoms with Crippen molar-refractivity contribution in [3.05, 3.63) is 0 Å². The van der Waals surface area contributed by atoms with Gasteiger partial charge in [-0.15, -0.1) is 0 Å².